The van der Waals surface area contributed by atoms with Gasteiger partial charge in [-0.3, -0.25) is 0 Å². The van der Waals surface area contributed by atoms with E-state index in [9.17, 15) is 0 Å². The maximum absolute atomic E-state index is 5.45. The van der Waals surface area contributed by atoms with Crippen LogP contribution in [0.1, 0.15) is 26.7 Å². The van der Waals surface area contributed by atoms with Crippen LogP contribution >= 0.6 is 0 Å². The molecule has 2 rings (SSSR count). The standard InChI is InChI=1S/C12H21N5O/c1-8(2)17(6-9-4-5-9)12-10(18-3)11(16-13)14-7-15-12/h7-9H,4-6,13H2,1-3H3,(H,14,15,16). The highest BCUT2D eigenvalue weighted by atomic mass is 16.5. The average molecular weight is 251 g/mol. The van der Waals surface area contributed by atoms with Gasteiger partial charge in [0, 0.05) is 12.6 Å². The Balaban J connectivity index is 2.32. The topological polar surface area (TPSA) is 76.3 Å². The van der Waals surface area contributed by atoms with E-state index >= 15 is 0 Å². The van der Waals surface area contributed by atoms with E-state index < -0.39 is 0 Å². The number of nitrogens with zero attached hydrogens (tertiary/aromatic N) is 3. The number of hydrogen-bond acceptors (Lipinski definition) is 6. The lowest BCUT2D eigenvalue weighted by Gasteiger charge is -2.29. The number of nitrogen functional groups attached to an aromatic ring is 1. The first-order valence-electron chi connectivity index (χ1n) is 6.29. The largest absolute Gasteiger partial charge is 0.490 e. The summed E-state index contributed by atoms with van der Waals surface area (Å²) in [5, 5.41) is 0. The first-order chi connectivity index (χ1) is 8.67. The molecule has 1 aliphatic rings. The lowest BCUT2D eigenvalue weighted by Crippen LogP contribution is -2.34. The van der Waals surface area contributed by atoms with Crippen LogP contribution in [0.2, 0.25) is 0 Å². The van der Waals surface area contributed by atoms with Gasteiger partial charge in [0.15, 0.2) is 11.6 Å². The van der Waals surface area contributed by atoms with Crippen LogP contribution in [0.4, 0.5) is 11.6 Å². The zero-order chi connectivity index (χ0) is 13.1. The van der Waals surface area contributed by atoms with Crippen molar-refractivity contribution in [3.8, 4) is 5.75 Å². The molecule has 0 aliphatic heterocycles. The Hall–Kier alpha value is -1.56. The van der Waals surface area contributed by atoms with Crippen LogP contribution in [-0.2, 0) is 0 Å². The predicted molar refractivity (Wildman–Crippen MR) is 71.6 cm³/mol. The summed E-state index contributed by atoms with van der Waals surface area (Å²) in [7, 11) is 1.61. The van der Waals surface area contributed by atoms with Gasteiger partial charge in [0.25, 0.3) is 0 Å². The number of anilines is 2. The molecule has 1 heterocycles. The van der Waals surface area contributed by atoms with Gasteiger partial charge in [0.05, 0.1) is 7.11 Å². The normalized spacial score (nSPS) is 14.7. The summed E-state index contributed by atoms with van der Waals surface area (Å²) in [6.07, 6.45) is 4.12. The van der Waals surface area contributed by atoms with Crippen molar-refractivity contribution in [1.29, 1.82) is 0 Å². The third kappa shape index (κ3) is 2.64. The minimum atomic E-state index is 0.361. The Bertz CT molecular complexity index is 405. The number of ether oxygens (including phenoxy) is 1. The summed E-state index contributed by atoms with van der Waals surface area (Å²) in [5.41, 5.74) is 2.55. The van der Waals surface area contributed by atoms with E-state index in [1.807, 2.05) is 0 Å². The minimum absolute atomic E-state index is 0.361. The van der Waals surface area contributed by atoms with Gasteiger partial charge in [-0.25, -0.2) is 15.8 Å². The van der Waals surface area contributed by atoms with Crippen LogP contribution < -0.4 is 20.9 Å². The van der Waals surface area contributed by atoms with Crippen LogP contribution in [0.15, 0.2) is 6.33 Å². The zero-order valence-corrected chi connectivity index (χ0v) is 11.2. The molecular weight excluding hydrogens is 230 g/mol. The van der Waals surface area contributed by atoms with Gasteiger partial charge in [-0.1, -0.05) is 0 Å². The Kier molecular flexibility index (Phi) is 3.86. The molecule has 1 aliphatic carbocycles. The lowest BCUT2D eigenvalue weighted by atomic mass is 10.2. The molecule has 1 fully saturated rings. The Labute approximate surface area is 108 Å². The fraction of sp³-hybridized carbons (Fsp3) is 0.667. The van der Waals surface area contributed by atoms with E-state index in [0.717, 1.165) is 18.3 Å². The number of hydrazine groups is 1. The van der Waals surface area contributed by atoms with E-state index in [1.165, 1.54) is 19.2 Å². The first-order valence-corrected chi connectivity index (χ1v) is 6.29. The van der Waals surface area contributed by atoms with E-state index in [4.69, 9.17) is 10.6 Å². The third-order valence-corrected chi connectivity index (χ3v) is 3.17. The van der Waals surface area contributed by atoms with Gasteiger partial charge < -0.3 is 15.1 Å². The van der Waals surface area contributed by atoms with E-state index in [-0.39, 0.29) is 0 Å². The second-order valence-electron chi connectivity index (χ2n) is 4.91. The number of rotatable bonds is 6. The summed E-state index contributed by atoms with van der Waals surface area (Å²) >= 11 is 0. The summed E-state index contributed by atoms with van der Waals surface area (Å²) in [5.74, 6) is 8.16. The van der Waals surface area contributed by atoms with Crippen molar-refractivity contribution in [3.05, 3.63) is 6.33 Å². The summed E-state index contributed by atoms with van der Waals surface area (Å²) in [6, 6.07) is 0.361. The van der Waals surface area contributed by atoms with Crippen molar-refractivity contribution in [2.24, 2.45) is 11.8 Å². The van der Waals surface area contributed by atoms with Gasteiger partial charge in [0.1, 0.15) is 6.33 Å². The molecule has 0 aromatic carbocycles. The van der Waals surface area contributed by atoms with Crippen molar-refractivity contribution in [2.75, 3.05) is 24.0 Å². The molecule has 0 amide bonds. The molecule has 0 spiro atoms. The van der Waals surface area contributed by atoms with Gasteiger partial charge in [-0.15, -0.1) is 0 Å². The van der Waals surface area contributed by atoms with Crippen LogP contribution in [0.5, 0.6) is 5.75 Å². The summed E-state index contributed by atoms with van der Waals surface area (Å²) in [4.78, 5) is 10.7. The smallest absolute Gasteiger partial charge is 0.205 e. The second kappa shape index (κ2) is 5.39. The van der Waals surface area contributed by atoms with E-state index in [0.29, 0.717) is 17.6 Å². The van der Waals surface area contributed by atoms with Crippen LogP contribution in [0.25, 0.3) is 0 Å². The molecule has 1 aromatic heterocycles. The Morgan fingerprint density at radius 1 is 1.50 bits per heavy atom. The van der Waals surface area contributed by atoms with E-state index in [2.05, 4.69) is 34.1 Å². The van der Waals surface area contributed by atoms with Crippen LogP contribution in [0, 0.1) is 5.92 Å². The van der Waals surface area contributed by atoms with E-state index in [1.54, 1.807) is 7.11 Å². The quantitative estimate of drug-likeness (QED) is 0.588. The SMILES string of the molecule is COc1c(NN)ncnc1N(CC1CC1)C(C)C. The number of aromatic nitrogens is 2. The summed E-state index contributed by atoms with van der Waals surface area (Å²) in [6.45, 7) is 5.31. The second-order valence-corrected chi connectivity index (χ2v) is 4.91. The molecule has 6 nitrogen and oxygen atoms in total. The fourth-order valence-corrected chi connectivity index (χ4v) is 1.98. The highest BCUT2D eigenvalue weighted by Crippen LogP contribution is 2.36. The first kappa shape index (κ1) is 12.9. The van der Waals surface area contributed by atoms with Crippen molar-refractivity contribution in [1.82, 2.24) is 9.97 Å². The maximum atomic E-state index is 5.45. The van der Waals surface area contributed by atoms with Crippen LogP contribution in [-0.4, -0.2) is 29.7 Å². The van der Waals surface area contributed by atoms with Gasteiger partial charge in [0.2, 0.25) is 5.75 Å². The summed E-state index contributed by atoms with van der Waals surface area (Å²) < 4.78 is 5.39. The number of nitrogens with two attached hydrogens (primary N) is 1. The predicted octanol–water partition coefficient (Wildman–Crippen LogP) is 1.40. The molecule has 0 saturated heterocycles. The number of nitrogens with one attached hydrogen (secondary N) is 1. The Morgan fingerprint density at radius 3 is 2.72 bits per heavy atom. The molecule has 0 atom stereocenters. The molecule has 100 valence electrons. The highest BCUT2D eigenvalue weighted by molar-refractivity contribution is 5.64. The number of hydrogen-bond donors (Lipinski definition) is 2. The van der Waals surface area contributed by atoms with Crippen molar-refractivity contribution >= 4 is 11.6 Å². The van der Waals surface area contributed by atoms with Gasteiger partial charge in [-0.2, -0.15) is 0 Å². The zero-order valence-electron chi connectivity index (χ0n) is 11.2. The molecule has 0 radical (unpaired) electrons. The Morgan fingerprint density at radius 2 is 2.22 bits per heavy atom. The van der Waals surface area contributed by atoms with Gasteiger partial charge in [-0.05, 0) is 32.6 Å². The van der Waals surface area contributed by atoms with Crippen molar-refractivity contribution in [3.63, 3.8) is 0 Å². The van der Waals surface area contributed by atoms with Crippen molar-refractivity contribution < 1.29 is 4.74 Å². The molecule has 3 N–H and O–H groups in total. The third-order valence-electron chi connectivity index (χ3n) is 3.17. The lowest BCUT2D eigenvalue weighted by molar-refractivity contribution is 0.410. The maximum Gasteiger partial charge on any atom is 0.205 e. The minimum Gasteiger partial charge on any atom is -0.490 e. The molecule has 0 unspecified atom stereocenters. The molecule has 18 heavy (non-hydrogen) atoms. The molecular formula is C12H21N5O. The monoisotopic (exact) mass is 251 g/mol. The highest BCUT2D eigenvalue weighted by Gasteiger charge is 2.28. The fourth-order valence-electron chi connectivity index (χ4n) is 1.98. The van der Waals surface area contributed by atoms with Crippen LogP contribution in [0.3, 0.4) is 0 Å². The average Bonchev–Trinajstić information content (AvgIpc) is 3.18. The van der Waals surface area contributed by atoms with Gasteiger partial charge >= 0.3 is 0 Å². The molecule has 1 aromatic rings. The van der Waals surface area contributed by atoms with Crippen molar-refractivity contribution in [2.45, 2.75) is 32.7 Å². The number of methoxy groups -OCH3 is 1. The molecule has 1 saturated carbocycles. The molecule has 6 heteroatoms. The molecule has 0 bridgehead atoms.